The molecule has 3 aromatic carbocycles. The Kier molecular flexibility index (Phi) is 13.5. The summed E-state index contributed by atoms with van der Waals surface area (Å²) in [5.74, 6) is -1.59. The Bertz CT molecular complexity index is 2050. The van der Waals surface area contributed by atoms with Crippen molar-refractivity contribution in [2.75, 3.05) is 23.1 Å². The van der Waals surface area contributed by atoms with Crippen LogP contribution < -0.4 is 14.9 Å². The smallest absolute Gasteiger partial charge is 0.416 e. The lowest BCUT2D eigenvalue weighted by Gasteiger charge is -2.27. The first kappa shape index (κ1) is 41.8. The highest BCUT2D eigenvalue weighted by atomic mass is 32.2. The van der Waals surface area contributed by atoms with Gasteiger partial charge in [0.25, 0.3) is 12.4 Å². The predicted molar refractivity (Wildman–Crippen MR) is 198 cm³/mol. The summed E-state index contributed by atoms with van der Waals surface area (Å²) in [6.45, 7) is 6.32. The lowest BCUT2D eigenvalue weighted by atomic mass is 9.99. The van der Waals surface area contributed by atoms with Crippen LogP contribution in [0.25, 0.3) is 10.9 Å². The first-order valence-corrected chi connectivity index (χ1v) is 18.8. The van der Waals surface area contributed by atoms with Crippen LogP contribution in [0.1, 0.15) is 60.3 Å². The molecule has 1 aliphatic heterocycles. The number of nitrogens with zero attached hydrogens (tertiary/aromatic N) is 2. The van der Waals surface area contributed by atoms with Gasteiger partial charge in [-0.3, -0.25) is 18.7 Å². The predicted octanol–water partition coefficient (Wildman–Crippen LogP) is 4.91. The molecular weight excluding hydrogens is 729 g/mol. The Labute approximate surface area is 312 Å². The van der Waals surface area contributed by atoms with Gasteiger partial charge in [0.05, 0.1) is 34.7 Å². The molecule has 0 spiro atoms. The first-order chi connectivity index (χ1) is 25.4. The number of nitrogens with one attached hydrogen (secondary N) is 2. The topological polar surface area (TPSA) is 167 Å². The zero-order valence-corrected chi connectivity index (χ0v) is 31.2. The van der Waals surface area contributed by atoms with Gasteiger partial charge in [-0.05, 0) is 68.5 Å². The molecule has 0 radical (unpaired) electrons. The summed E-state index contributed by atoms with van der Waals surface area (Å²) in [6, 6.07) is 16.3. The number of sulfonamides is 1. The Hall–Kier alpha value is -4.93. The molecule has 0 saturated carbocycles. The number of carbonyl (C=O) groups is 3. The molecular formula is C38H45F3N4O8S. The highest BCUT2D eigenvalue weighted by molar-refractivity contribution is 7.92. The Morgan fingerprint density at radius 2 is 1.69 bits per heavy atom. The summed E-state index contributed by atoms with van der Waals surface area (Å²) in [5.41, 5.74) is 1.33. The number of amides is 1. The molecule has 16 heteroatoms. The quantitative estimate of drug-likeness (QED) is 0.116. The molecule has 12 nitrogen and oxygen atoms in total. The van der Waals surface area contributed by atoms with Crippen LogP contribution in [-0.2, 0) is 56.5 Å². The van der Waals surface area contributed by atoms with Gasteiger partial charge in [0.15, 0.2) is 0 Å². The van der Waals surface area contributed by atoms with E-state index in [0.29, 0.717) is 22.9 Å². The number of ether oxygens (including phenoxy) is 1. The molecule has 0 bridgehead atoms. The number of aryl methyl sites for hydroxylation is 2. The van der Waals surface area contributed by atoms with Crippen LogP contribution in [0.15, 0.2) is 72.9 Å². The molecule has 0 saturated heterocycles. The molecule has 1 aliphatic rings. The molecule has 4 N–H and O–H groups in total. The maximum absolute atomic E-state index is 14.1. The minimum atomic E-state index is -4.49. The monoisotopic (exact) mass is 774 g/mol. The third kappa shape index (κ3) is 10.8. The molecule has 0 fully saturated rings. The fourth-order valence-corrected chi connectivity index (χ4v) is 7.57. The van der Waals surface area contributed by atoms with Crippen molar-refractivity contribution in [3.8, 4) is 0 Å². The van der Waals surface area contributed by atoms with E-state index in [2.05, 4.69) is 10.6 Å². The van der Waals surface area contributed by atoms with E-state index in [9.17, 15) is 36.3 Å². The molecule has 1 amide bonds. The van der Waals surface area contributed by atoms with Gasteiger partial charge in [0.2, 0.25) is 10.0 Å². The summed E-state index contributed by atoms with van der Waals surface area (Å²) in [7, 11) is -4.01. The van der Waals surface area contributed by atoms with Crippen LogP contribution >= 0.6 is 0 Å². The largest absolute Gasteiger partial charge is 0.483 e. The number of aromatic nitrogens is 1. The Morgan fingerprint density at radius 1 is 1.02 bits per heavy atom. The molecule has 2 heterocycles. The standard InChI is InChI=1S/C37H43F3N4O6S.CH2O2/c1-5-26-22-43-14-15-51(48,49)44(23-33(46)50-36(2,3)4)31-19-27(18-29(26)34(31)43)35(47)42-30(17-24-10-7-6-8-11-24)32(45)21-41-20-25-12-9-13-28(16-25)37(38,39)40;2-1-3/h6-13,16,18-19,22,30,32,41,45H,5,14-15,17,20-21,23H2,1-4H3,(H,42,47);1H,(H,2,3)/t30-,32+;/m0./s1. The number of hydrogen-bond acceptors (Lipinski definition) is 8. The van der Waals surface area contributed by atoms with E-state index in [1.54, 1.807) is 32.9 Å². The maximum Gasteiger partial charge on any atom is 0.416 e. The van der Waals surface area contributed by atoms with Gasteiger partial charge in [0, 0.05) is 36.8 Å². The second-order valence-corrected chi connectivity index (χ2v) is 15.8. The van der Waals surface area contributed by atoms with E-state index in [1.807, 2.05) is 48.0 Å². The normalized spacial score (nSPS) is 15.0. The summed E-state index contributed by atoms with van der Waals surface area (Å²) in [5, 5.41) is 24.8. The van der Waals surface area contributed by atoms with Crippen LogP contribution in [0.3, 0.4) is 0 Å². The van der Waals surface area contributed by atoms with Crippen molar-refractivity contribution < 1.29 is 50.9 Å². The number of esters is 1. The van der Waals surface area contributed by atoms with E-state index >= 15 is 0 Å². The van der Waals surface area contributed by atoms with Crippen molar-refractivity contribution in [2.45, 2.75) is 77.5 Å². The van der Waals surface area contributed by atoms with Gasteiger partial charge >= 0.3 is 12.1 Å². The number of carboxylic acid groups (broad SMARTS) is 1. The van der Waals surface area contributed by atoms with Crippen molar-refractivity contribution in [1.82, 2.24) is 15.2 Å². The average molecular weight is 775 g/mol. The summed E-state index contributed by atoms with van der Waals surface area (Å²) in [4.78, 5) is 35.4. The third-order valence-electron chi connectivity index (χ3n) is 8.58. The lowest BCUT2D eigenvalue weighted by Crippen LogP contribution is -2.48. The number of carbonyl (C=O) groups excluding carboxylic acids is 2. The van der Waals surface area contributed by atoms with Crippen molar-refractivity contribution >= 4 is 45.0 Å². The SMILES string of the molecule is CCc1cn2c3c(cc(C(=O)N[C@@H](Cc4ccccc4)[C@H](O)CNCc4cccc(C(F)(F)F)c4)cc13)N(CC(=O)OC(C)(C)C)S(=O)(=O)CC2.O=CO. The number of hydrogen-bond donors (Lipinski definition) is 4. The molecule has 54 heavy (non-hydrogen) atoms. The lowest BCUT2D eigenvalue weighted by molar-refractivity contribution is -0.152. The second kappa shape index (κ2) is 17.5. The molecule has 4 aromatic rings. The number of rotatable bonds is 12. The number of halogens is 3. The highest BCUT2D eigenvalue weighted by Gasteiger charge is 2.34. The number of aliphatic hydroxyl groups is 1. The van der Waals surface area contributed by atoms with E-state index < -0.39 is 57.9 Å². The third-order valence-corrected chi connectivity index (χ3v) is 10.3. The van der Waals surface area contributed by atoms with Crippen molar-refractivity contribution in [2.24, 2.45) is 0 Å². The first-order valence-electron chi connectivity index (χ1n) is 17.2. The van der Waals surface area contributed by atoms with E-state index in [4.69, 9.17) is 14.6 Å². The van der Waals surface area contributed by atoms with Crippen LogP contribution in [0.4, 0.5) is 18.9 Å². The Morgan fingerprint density at radius 3 is 2.31 bits per heavy atom. The van der Waals surface area contributed by atoms with Gasteiger partial charge in [-0.1, -0.05) is 55.5 Å². The summed E-state index contributed by atoms with van der Waals surface area (Å²) in [6.07, 6.45) is -2.97. The fraction of sp³-hybridized carbons (Fsp3) is 0.395. The number of aliphatic hydroxyl groups excluding tert-OH is 1. The molecule has 0 aliphatic carbocycles. The maximum atomic E-state index is 14.1. The van der Waals surface area contributed by atoms with Crippen molar-refractivity contribution in [3.05, 3.63) is 101 Å². The van der Waals surface area contributed by atoms with Crippen molar-refractivity contribution in [1.29, 1.82) is 0 Å². The van der Waals surface area contributed by atoms with E-state index in [1.165, 1.54) is 12.1 Å². The molecule has 5 rings (SSSR count). The van der Waals surface area contributed by atoms with Crippen LogP contribution in [0, 0.1) is 0 Å². The fourth-order valence-electron chi connectivity index (χ4n) is 6.18. The van der Waals surface area contributed by atoms with Gasteiger partial charge in [-0.25, -0.2) is 8.42 Å². The van der Waals surface area contributed by atoms with E-state index in [-0.39, 0.29) is 49.5 Å². The molecule has 0 unspecified atom stereocenters. The highest BCUT2D eigenvalue weighted by Crippen LogP contribution is 2.37. The second-order valence-electron chi connectivity index (χ2n) is 13.8. The van der Waals surface area contributed by atoms with E-state index in [0.717, 1.165) is 27.6 Å². The van der Waals surface area contributed by atoms with Crippen LogP contribution in [0.2, 0.25) is 0 Å². The van der Waals surface area contributed by atoms with Gasteiger partial charge in [-0.15, -0.1) is 0 Å². The van der Waals surface area contributed by atoms with Gasteiger partial charge in [0.1, 0.15) is 12.1 Å². The Balaban J connectivity index is 0.00000209. The average Bonchev–Trinajstić information content (AvgIpc) is 3.42. The molecule has 292 valence electrons. The molecule has 1 aromatic heterocycles. The van der Waals surface area contributed by atoms with Crippen LogP contribution in [-0.4, -0.2) is 78.1 Å². The van der Waals surface area contributed by atoms with Gasteiger partial charge in [-0.2, -0.15) is 13.2 Å². The zero-order valence-electron chi connectivity index (χ0n) is 30.4. The summed E-state index contributed by atoms with van der Waals surface area (Å²) < 4.78 is 75.1. The molecule has 2 atom stereocenters. The number of alkyl halides is 3. The number of anilines is 1. The van der Waals surface area contributed by atoms with Gasteiger partial charge < -0.3 is 30.2 Å². The van der Waals surface area contributed by atoms with Crippen LogP contribution in [0.5, 0.6) is 0 Å². The number of benzene rings is 3. The minimum Gasteiger partial charge on any atom is -0.483 e. The summed E-state index contributed by atoms with van der Waals surface area (Å²) >= 11 is 0. The minimum absolute atomic E-state index is 0.0474. The zero-order chi connectivity index (χ0) is 39.8. The van der Waals surface area contributed by atoms with Crippen molar-refractivity contribution in [3.63, 3.8) is 0 Å².